The second-order valence-electron chi connectivity index (χ2n) is 6.13. The molecule has 4 heteroatoms. The van der Waals surface area contributed by atoms with Crippen molar-refractivity contribution in [1.29, 1.82) is 0 Å². The first kappa shape index (κ1) is 13.4. The Morgan fingerprint density at radius 1 is 1.35 bits per heavy atom. The van der Waals surface area contributed by atoms with Crippen molar-refractivity contribution in [3.63, 3.8) is 0 Å². The highest BCUT2D eigenvalue weighted by molar-refractivity contribution is 5.84. The van der Waals surface area contributed by atoms with Gasteiger partial charge >= 0.3 is 0 Å². The van der Waals surface area contributed by atoms with Crippen LogP contribution in [0.15, 0.2) is 18.3 Å². The number of aromatic nitrogens is 2. The summed E-state index contributed by atoms with van der Waals surface area (Å²) in [6.07, 6.45) is 6.49. The molecule has 108 valence electrons. The van der Waals surface area contributed by atoms with Gasteiger partial charge in [-0.25, -0.2) is 0 Å². The molecular weight excluding hydrogens is 250 g/mol. The van der Waals surface area contributed by atoms with Crippen LogP contribution in [0.4, 0.5) is 0 Å². The Hall–Kier alpha value is -1.55. The highest BCUT2D eigenvalue weighted by Crippen LogP contribution is 2.35. The Labute approximate surface area is 119 Å². The molecule has 1 aliphatic carbocycles. The lowest BCUT2D eigenvalue weighted by Gasteiger charge is -2.28. The molecule has 0 unspecified atom stereocenters. The van der Waals surface area contributed by atoms with Gasteiger partial charge in [0.2, 0.25) is 0 Å². The number of hydrogen-bond donors (Lipinski definition) is 2. The van der Waals surface area contributed by atoms with Crippen LogP contribution in [0.3, 0.4) is 0 Å². The van der Waals surface area contributed by atoms with Gasteiger partial charge in [-0.15, -0.1) is 0 Å². The van der Waals surface area contributed by atoms with Crippen molar-refractivity contribution in [1.82, 2.24) is 10.2 Å². The Bertz CT molecular complexity index is 590. The van der Waals surface area contributed by atoms with Crippen molar-refractivity contribution in [2.24, 2.45) is 5.73 Å². The van der Waals surface area contributed by atoms with Crippen LogP contribution in [-0.4, -0.2) is 22.3 Å². The number of hydrogen-bond acceptors (Lipinski definition) is 3. The van der Waals surface area contributed by atoms with Gasteiger partial charge in [0.15, 0.2) is 0 Å². The van der Waals surface area contributed by atoms with Gasteiger partial charge in [0.05, 0.1) is 11.7 Å². The number of nitrogens with two attached hydrogens (primary N) is 1. The molecule has 4 nitrogen and oxygen atoms in total. The smallest absolute Gasteiger partial charge is 0.123 e. The highest BCUT2D eigenvalue weighted by atomic mass is 16.5. The Kier molecular flexibility index (Phi) is 3.66. The molecule has 20 heavy (non-hydrogen) atoms. The average molecular weight is 273 g/mol. The van der Waals surface area contributed by atoms with Gasteiger partial charge < -0.3 is 10.5 Å². The molecule has 0 saturated heterocycles. The molecule has 0 spiro atoms. The first-order valence-corrected chi connectivity index (χ1v) is 7.53. The largest absolute Gasteiger partial charge is 0.490 e. The molecule has 1 fully saturated rings. The second-order valence-corrected chi connectivity index (χ2v) is 6.13. The molecular formula is C16H23N3O. The molecule has 1 aromatic heterocycles. The molecule has 0 bridgehead atoms. The summed E-state index contributed by atoms with van der Waals surface area (Å²) in [5, 5.41) is 8.34. The van der Waals surface area contributed by atoms with Crippen molar-refractivity contribution in [2.75, 3.05) is 0 Å². The molecule has 1 heterocycles. The first-order chi connectivity index (χ1) is 9.65. The van der Waals surface area contributed by atoms with E-state index in [2.05, 4.69) is 30.1 Å². The van der Waals surface area contributed by atoms with Crippen molar-refractivity contribution in [3.05, 3.63) is 23.9 Å². The Morgan fingerprint density at radius 3 is 2.95 bits per heavy atom. The minimum absolute atomic E-state index is 0.251. The van der Waals surface area contributed by atoms with E-state index in [9.17, 15) is 0 Å². The van der Waals surface area contributed by atoms with E-state index in [1.54, 1.807) is 0 Å². The van der Waals surface area contributed by atoms with Gasteiger partial charge in [0.25, 0.3) is 0 Å². The SMILES string of the molecule is CC(C)c1c(O[C@H]2CCC[C@@H](N)C2)ccc2[nH]ncc12. The zero-order chi connectivity index (χ0) is 14.1. The lowest BCUT2D eigenvalue weighted by molar-refractivity contribution is 0.143. The molecule has 0 aliphatic heterocycles. The summed E-state index contributed by atoms with van der Waals surface area (Å²) in [5.74, 6) is 1.40. The lowest BCUT2D eigenvalue weighted by Crippen LogP contribution is -2.33. The lowest BCUT2D eigenvalue weighted by atomic mass is 9.93. The van der Waals surface area contributed by atoms with Crippen LogP contribution in [0.2, 0.25) is 0 Å². The van der Waals surface area contributed by atoms with Crippen LogP contribution < -0.4 is 10.5 Å². The summed E-state index contributed by atoms with van der Waals surface area (Å²) >= 11 is 0. The Morgan fingerprint density at radius 2 is 2.20 bits per heavy atom. The van der Waals surface area contributed by atoms with E-state index < -0.39 is 0 Å². The van der Waals surface area contributed by atoms with Crippen molar-refractivity contribution in [2.45, 2.75) is 57.6 Å². The molecule has 0 radical (unpaired) electrons. The summed E-state index contributed by atoms with van der Waals surface area (Å²) in [6, 6.07) is 4.40. The third-order valence-corrected chi connectivity index (χ3v) is 4.16. The highest BCUT2D eigenvalue weighted by Gasteiger charge is 2.22. The van der Waals surface area contributed by atoms with Gasteiger partial charge in [0, 0.05) is 17.0 Å². The summed E-state index contributed by atoms with van der Waals surface area (Å²) < 4.78 is 6.27. The van der Waals surface area contributed by atoms with Gasteiger partial charge in [-0.2, -0.15) is 5.10 Å². The van der Waals surface area contributed by atoms with E-state index in [1.165, 1.54) is 5.56 Å². The van der Waals surface area contributed by atoms with Crippen LogP contribution in [0.5, 0.6) is 5.75 Å². The maximum absolute atomic E-state index is 6.27. The number of benzene rings is 1. The topological polar surface area (TPSA) is 63.9 Å². The third-order valence-electron chi connectivity index (χ3n) is 4.16. The van der Waals surface area contributed by atoms with E-state index >= 15 is 0 Å². The number of fused-ring (bicyclic) bond motifs is 1. The molecule has 1 aliphatic rings. The minimum atomic E-state index is 0.251. The number of nitrogens with zero attached hydrogens (tertiary/aromatic N) is 1. The molecule has 2 atom stereocenters. The standard InChI is InChI=1S/C16H23N3O/c1-10(2)16-13-9-18-19-14(13)6-7-15(16)20-12-5-3-4-11(17)8-12/h6-7,9-12H,3-5,8,17H2,1-2H3,(H,18,19)/t11-,12+/m1/s1. The van der Waals surface area contributed by atoms with Gasteiger partial charge in [0.1, 0.15) is 11.9 Å². The summed E-state index contributed by atoms with van der Waals surface area (Å²) in [6.45, 7) is 4.39. The van der Waals surface area contributed by atoms with E-state index in [0.29, 0.717) is 5.92 Å². The second kappa shape index (κ2) is 5.44. The number of rotatable bonds is 3. The fraction of sp³-hybridized carbons (Fsp3) is 0.562. The number of nitrogens with one attached hydrogen (secondary N) is 1. The maximum Gasteiger partial charge on any atom is 0.123 e. The quantitative estimate of drug-likeness (QED) is 0.901. The van der Waals surface area contributed by atoms with Crippen molar-refractivity contribution < 1.29 is 4.74 Å². The molecule has 2 aromatic rings. The zero-order valence-corrected chi connectivity index (χ0v) is 12.2. The van der Waals surface area contributed by atoms with Crippen LogP contribution in [0.25, 0.3) is 10.9 Å². The van der Waals surface area contributed by atoms with E-state index in [-0.39, 0.29) is 12.1 Å². The van der Waals surface area contributed by atoms with E-state index in [0.717, 1.165) is 42.3 Å². The molecule has 3 N–H and O–H groups in total. The van der Waals surface area contributed by atoms with Crippen LogP contribution in [0.1, 0.15) is 51.0 Å². The van der Waals surface area contributed by atoms with Crippen LogP contribution in [-0.2, 0) is 0 Å². The van der Waals surface area contributed by atoms with Gasteiger partial charge in [-0.1, -0.05) is 13.8 Å². The van der Waals surface area contributed by atoms with Crippen molar-refractivity contribution >= 4 is 10.9 Å². The normalized spacial score (nSPS) is 23.4. The van der Waals surface area contributed by atoms with Gasteiger partial charge in [-0.3, -0.25) is 5.10 Å². The summed E-state index contributed by atoms with van der Waals surface area (Å²) in [5.41, 5.74) is 8.37. The number of ether oxygens (including phenoxy) is 1. The minimum Gasteiger partial charge on any atom is -0.490 e. The average Bonchev–Trinajstić information content (AvgIpc) is 2.86. The van der Waals surface area contributed by atoms with E-state index in [1.807, 2.05) is 12.3 Å². The summed E-state index contributed by atoms with van der Waals surface area (Å²) in [7, 11) is 0. The van der Waals surface area contributed by atoms with Crippen molar-refractivity contribution in [3.8, 4) is 5.75 Å². The predicted molar refractivity (Wildman–Crippen MR) is 81.0 cm³/mol. The molecule has 0 amide bonds. The fourth-order valence-electron chi connectivity index (χ4n) is 3.19. The van der Waals surface area contributed by atoms with E-state index in [4.69, 9.17) is 10.5 Å². The molecule has 1 saturated carbocycles. The predicted octanol–water partition coefficient (Wildman–Crippen LogP) is 3.34. The Balaban J connectivity index is 1.92. The monoisotopic (exact) mass is 273 g/mol. The van der Waals surface area contributed by atoms with Crippen LogP contribution in [0, 0.1) is 0 Å². The maximum atomic E-state index is 6.27. The number of H-pyrrole nitrogens is 1. The fourth-order valence-corrected chi connectivity index (χ4v) is 3.19. The third kappa shape index (κ3) is 2.52. The zero-order valence-electron chi connectivity index (χ0n) is 12.2. The summed E-state index contributed by atoms with van der Waals surface area (Å²) in [4.78, 5) is 0. The molecule has 1 aromatic carbocycles. The van der Waals surface area contributed by atoms with Crippen LogP contribution >= 0.6 is 0 Å². The first-order valence-electron chi connectivity index (χ1n) is 7.53. The van der Waals surface area contributed by atoms with Gasteiger partial charge in [-0.05, 0) is 43.7 Å². The molecule has 3 rings (SSSR count). The number of aromatic amines is 1.